The maximum atomic E-state index is 14.1. The van der Waals surface area contributed by atoms with Crippen LogP contribution in [0.2, 0.25) is 0 Å². The molecule has 0 aliphatic carbocycles. The number of aliphatic hydroxyl groups excluding tert-OH is 3. The molecule has 1 fully saturated rings. The predicted molar refractivity (Wildman–Crippen MR) is 215 cm³/mol. The third-order valence-corrected chi connectivity index (χ3v) is 11.1. The Morgan fingerprint density at radius 2 is 1.14 bits per heavy atom. The van der Waals surface area contributed by atoms with Crippen molar-refractivity contribution >= 4 is 29.5 Å². The van der Waals surface area contributed by atoms with E-state index in [1.54, 1.807) is 6.92 Å². The second-order valence-corrected chi connectivity index (χ2v) is 17.2. The number of unbranched alkanes of at least 4 members (excludes halogenated alkanes) is 7. The molecule has 1 unspecified atom stereocenters. The number of ether oxygens (including phenoxy) is 3. The molecule has 33 heteroatoms. The van der Waals surface area contributed by atoms with E-state index in [4.69, 9.17) is 19.9 Å². The highest BCUT2D eigenvalue weighted by Crippen LogP contribution is 2.64. The summed E-state index contributed by atoms with van der Waals surface area (Å²) in [6.45, 7) is 4.48. The van der Waals surface area contributed by atoms with Gasteiger partial charge in [-0.3, -0.25) is 24.0 Å². The van der Waals surface area contributed by atoms with Crippen molar-refractivity contribution in [3.8, 4) is 0 Å². The maximum Gasteiger partial charge on any atom is 0.460 e. The second-order valence-electron chi connectivity index (χ2n) is 17.2. The average molecular weight is 1110 g/mol. The molecular weight excluding hydrogens is 1050 g/mol. The van der Waals surface area contributed by atoms with E-state index in [0.717, 1.165) is 6.92 Å². The van der Waals surface area contributed by atoms with Crippen LogP contribution in [0.15, 0.2) is 0 Å². The number of alkyl halides is 17. The highest BCUT2D eigenvalue weighted by molar-refractivity contribution is 5.92. The predicted octanol–water partition coefficient (Wildman–Crippen LogP) is 4.63. The first-order valence-corrected chi connectivity index (χ1v) is 22.1. The SMILES string of the molecule is CC(=O)N[C@@H]1[C@@H](OC(C)C(=O)N[C@@H](C)C(=O)N[C@H](CCC(=O)N[C@@H](C)COCCCCCCCCCCC(F)(F)C(F)(F)C(F)(F)C(F)(F)C(F)(F)C(F)(F)C(F)(F)C(F)(F)F)C(N)=O)[C@H](O)[C@@H](CO)O[C@H]1O. The summed E-state index contributed by atoms with van der Waals surface area (Å²) in [4.78, 5) is 62.0. The molecule has 1 aliphatic rings. The lowest BCUT2D eigenvalue weighted by Crippen LogP contribution is -2.74. The van der Waals surface area contributed by atoms with E-state index in [1.165, 1.54) is 13.8 Å². The Bertz CT molecular complexity index is 1820. The van der Waals surface area contributed by atoms with E-state index in [1.807, 2.05) is 0 Å². The van der Waals surface area contributed by atoms with Crippen molar-refractivity contribution in [1.29, 1.82) is 0 Å². The number of hydrogen-bond donors (Lipinski definition) is 8. The molecule has 1 heterocycles. The molecule has 0 bridgehead atoms. The van der Waals surface area contributed by atoms with Crippen molar-refractivity contribution in [2.75, 3.05) is 19.8 Å². The van der Waals surface area contributed by atoms with Crippen LogP contribution in [0.25, 0.3) is 0 Å². The minimum absolute atomic E-state index is 0.0127. The van der Waals surface area contributed by atoms with Gasteiger partial charge in [0.05, 0.1) is 13.2 Å². The van der Waals surface area contributed by atoms with Crippen LogP contribution >= 0.6 is 0 Å². The van der Waals surface area contributed by atoms with Crippen LogP contribution in [0, 0.1) is 0 Å². The average Bonchev–Trinajstić information content (AvgIpc) is 3.26. The molecule has 9 N–H and O–H groups in total. The summed E-state index contributed by atoms with van der Waals surface area (Å²) in [5.41, 5.74) is 5.38. The standard InChI is InChI=1S/C40H58F17N5O11/c1-19(59-25(65)14-13-23(29(58)67)62-30(68)20(2)60-31(69)21(3)72-28-26(61-22(4)64)32(70)73-24(17-63)27(28)66)18-71-16-12-10-8-6-5-7-9-11-15-33(41,42)34(43,44)35(45,46)36(47,48)37(49,50)38(51,52)39(53,54)40(55,56)57/h19-21,23-24,26-28,32,63,66,70H,5-18H2,1-4H3,(H2,58,67)(H,59,65)(H,60,69)(H,61,64)(H,62,68)/t19-,20-,21?,23+,24+,26+,27+,28+,32+/m0/s1. The third kappa shape index (κ3) is 16.5. The molecule has 9 atom stereocenters. The topological polar surface area (TPSA) is 248 Å². The monoisotopic (exact) mass is 1110 g/mol. The zero-order chi connectivity index (χ0) is 56.9. The number of hydrogen-bond acceptors (Lipinski definition) is 11. The summed E-state index contributed by atoms with van der Waals surface area (Å²) in [5.74, 6) is -60.5. The first-order valence-electron chi connectivity index (χ1n) is 22.1. The largest absolute Gasteiger partial charge is 0.460 e. The number of aliphatic hydroxyl groups is 3. The molecule has 0 aromatic rings. The van der Waals surface area contributed by atoms with Gasteiger partial charge in [-0.25, -0.2) is 0 Å². The van der Waals surface area contributed by atoms with Gasteiger partial charge in [-0.05, 0) is 40.0 Å². The fraction of sp³-hybridized carbons (Fsp3) is 0.875. The Morgan fingerprint density at radius 1 is 0.658 bits per heavy atom. The third-order valence-electron chi connectivity index (χ3n) is 11.1. The van der Waals surface area contributed by atoms with Crippen LogP contribution in [0.3, 0.4) is 0 Å². The van der Waals surface area contributed by atoms with Gasteiger partial charge in [0, 0.05) is 32.4 Å². The van der Waals surface area contributed by atoms with Gasteiger partial charge >= 0.3 is 47.6 Å². The molecule has 16 nitrogen and oxygen atoms in total. The fourth-order valence-corrected chi connectivity index (χ4v) is 6.80. The van der Waals surface area contributed by atoms with Gasteiger partial charge in [0.25, 0.3) is 0 Å². The minimum atomic E-state index is -8.66. The number of primary amides is 1. The number of carbonyl (C=O) groups excluding carboxylic acids is 5. The molecule has 428 valence electrons. The summed E-state index contributed by atoms with van der Waals surface area (Å²) >= 11 is 0. The summed E-state index contributed by atoms with van der Waals surface area (Å²) in [6, 6.07) is -4.67. The lowest BCUT2D eigenvalue weighted by atomic mass is 9.87. The highest BCUT2D eigenvalue weighted by atomic mass is 19.4. The van der Waals surface area contributed by atoms with Crippen LogP contribution in [0.5, 0.6) is 0 Å². The van der Waals surface area contributed by atoms with E-state index >= 15 is 0 Å². The minimum Gasteiger partial charge on any atom is -0.394 e. The Labute approximate surface area is 405 Å². The fourth-order valence-electron chi connectivity index (χ4n) is 6.80. The molecule has 1 aliphatic heterocycles. The molecule has 0 spiro atoms. The number of nitrogens with two attached hydrogens (primary N) is 1. The van der Waals surface area contributed by atoms with Crippen LogP contribution in [-0.2, 0) is 38.2 Å². The van der Waals surface area contributed by atoms with Crippen molar-refractivity contribution in [3.05, 3.63) is 0 Å². The summed E-state index contributed by atoms with van der Waals surface area (Å²) < 4.78 is 245. The van der Waals surface area contributed by atoms with Crippen molar-refractivity contribution in [2.24, 2.45) is 5.73 Å². The van der Waals surface area contributed by atoms with Crippen LogP contribution in [0.4, 0.5) is 74.6 Å². The molecule has 0 aromatic carbocycles. The molecular formula is C40H58F17N5O11. The van der Waals surface area contributed by atoms with Crippen molar-refractivity contribution < 1.29 is 128 Å². The highest BCUT2D eigenvalue weighted by Gasteiger charge is 2.95. The van der Waals surface area contributed by atoms with Crippen molar-refractivity contribution in [3.63, 3.8) is 0 Å². The summed E-state index contributed by atoms with van der Waals surface area (Å²) in [6.07, 6.45) is -18.3. The van der Waals surface area contributed by atoms with E-state index < -0.39 is 158 Å². The van der Waals surface area contributed by atoms with Crippen LogP contribution in [0.1, 0.15) is 98.3 Å². The van der Waals surface area contributed by atoms with E-state index in [9.17, 15) is 114 Å². The molecule has 73 heavy (non-hydrogen) atoms. The van der Waals surface area contributed by atoms with E-state index in [2.05, 4.69) is 21.3 Å². The number of carbonyl (C=O) groups is 5. The molecule has 5 amide bonds. The number of nitrogens with one attached hydrogen (secondary N) is 4. The van der Waals surface area contributed by atoms with E-state index in [-0.39, 0.29) is 38.9 Å². The van der Waals surface area contributed by atoms with Gasteiger partial charge in [0.2, 0.25) is 29.5 Å². The van der Waals surface area contributed by atoms with Crippen molar-refractivity contribution in [1.82, 2.24) is 21.3 Å². The van der Waals surface area contributed by atoms with Crippen molar-refractivity contribution in [2.45, 2.75) is 201 Å². The Kier molecular flexibility index (Phi) is 24.4. The van der Waals surface area contributed by atoms with Gasteiger partial charge in [-0.2, -0.15) is 74.6 Å². The number of halogens is 17. The lowest BCUT2D eigenvalue weighted by Gasteiger charge is -2.43. The Balaban J connectivity index is 2.48. The first kappa shape index (κ1) is 66.9. The van der Waals surface area contributed by atoms with Gasteiger partial charge < -0.3 is 56.5 Å². The Hall–Kier alpha value is -4.08. The van der Waals surface area contributed by atoms with Gasteiger partial charge in [-0.15, -0.1) is 0 Å². The number of amides is 5. The molecule has 1 rings (SSSR count). The zero-order valence-electron chi connectivity index (χ0n) is 39.2. The normalized spacial score (nSPS) is 21.4. The second kappa shape index (κ2) is 26.6. The quantitative estimate of drug-likeness (QED) is 0.0341. The summed E-state index contributed by atoms with van der Waals surface area (Å²) in [7, 11) is 0. The smallest absolute Gasteiger partial charge is 0.394 e. The zero-order valence-corrected chi connectivity index (χ0v) is 39.2. The lowest BCUT2D eigenvalue weighted by molar-refractivity contribution is -0.461. The summed E-state index contributed by atoms with van der Waals surface area (Å²) in [5, 5.41) is 39.8. The van der Waals surface area contributed by atoms with Crippen LogP contribution in [-0.4, -0.2) is 167 Å². The molecule has 1 saturated heterocycles. The number of rotatable bonds is 32. The Morgan fingerprint density at radius 3 is 1.62 bits per heavy atom. The molecule has 0 saturated carbocycles. The molecule has 0 radical (unpaired) electrons. The molecule has 0 aromatic heterocycles. The van der Waals surface area contributed by atoms with Gasteiger partial charge in [-0.1, -0.05) is 38.5 Å². The first-order chi connectivity index (χ1) is 33.1. The van der Waals surface area contributed by atoms with Crippen LogP contribution < -0.4 is 27.0 Å². The van der Waals surface area contributed by atoms with Gasteiger partial charge in [0.1, 0.15) is 42.5 Å². The maximum absolute atomic E-state index is 14.1. The van der Waals surface area contributed by atoms with E-state index in [0.29, 0.717) is 25.7 Å². The van der Waals surface area contributed by atoms with Gasteiger partial charge in [0.15, 0.2) is 6.29 Å².